The van der Waals surface area contributed by atoms with Crippen molar-refractivity contribution in [3.8, 4) is 0 Å². The van der Waals surface area contributed by atoms with Crippen molar-refractivity contribution in [2.75, 3.05) is 20.7 Å². The number of nitrogens with zero attached hydrogens (tertiary/aromatic N) is 1. The Bertz CT molecular complexity index is 682. The molecule has 0 atom stereocenters. The minimum atomic E-state index is -0.405. The van der Waals surface area contributed by atoms with E-state index >= 15 is 0 Å². The fourth-order valence-corrected chi connectivity index (χ4v) is 2.82. The third kappa shape index (κ3) is 3.36. The van der Waals surface area contributed by atoms with E-state index in [1.807, 2.05) is 30.3 Å². The molecule has 0 fully saturated rings. The lowest BCUT2D eigenvalue weighted by atomic mass is 10.1. The first kappa shape index (κ1) is 15.4. The van der Waals surface area contributed by atoms with Crippen molar-refractivity contribution in [1.29, 1.82) is 0 Å². The van der Waals surface area contributed by atoms with Crippen molar-refractivity contribution in [3.63, 3.8) is 0 Å². The number of thioether (sulfide) groups is 1. The molecule has 1 amide bonds. The van der Waals surface area contributed by atoms with Crippen LogP contribution in [0.5, 0.6) is 0 Å². The second kappa shape index (κ2) is 6.63. The molecule has 0 saturated carbocycles. The van der Waals surface area contributed by atoms with E-state index in [2.05, 4.69) is 0 Å². The van der Waals surface area contributed by atoms with Gasteiger partial charge < -0.3 is 9.64 Å². The summed E-state index contributed by atoms with van der Waals surface area (Å²) < 4.78 is 5.08. The zero-order valence-corrected chi connectivity index (χ0v) is 13.1. The zero-order chi connectivity index (χ0) is 15.4. The molecule has 0 saturated heterocycles. The van der Waals surface area contributed by atoms with Gasteiger partial charge in [0.25, 0.3) is 5.24 Å². The smallest absolute Gasteiger partial charge is 0.339 e. The van der Waals surface area contributed by atoms with Gasteiger partial charge in [0, 0.05) is 19.0 Å². The van der Waals surface area contributed by atoms with Gasteiger partial charge in [-0.1, -0.05) is 30.3 Å². The number of carbonyl (C=O) groups excluding carboxylic acids is 2. The highest BCUT2D eigenvalue weighted by Gasteiger charge is 2.19. The SMILES string of the molecule is CCOC(=O)c1ccc2ccccc2c1SC(=O)N(C)C. The van der Waals surface area contributed by atoms with E-state index in [4.69, 9.17) is 4.74 Å². The van der Waals surface area contributed by atoms with Crippen LogP contribution in [-0.4, -0.2) is 36.8 Å². The molecule has 0 bridgehead atoms. The third-order valence-corrected chi connectivity index (χ3v) is 4.11. The minimum Gasteiger partial charge on any atom is -0.462 e. The first-order chi connectivity index (χ1) is 10.0. The number of esters is 1. The number of amides is 1. The van der Waals surface area contributed by atoms with Crippen molar-refractivity contribution in [1.82, 2.24) is 4.90 Å². The van der Waals surface area contributed by atoms with Crippen LogP contribution in [0.15, 0.2) is 41.3 Å². The Morgan fingerprint density at radius 3 is 2.52 bits per heavy atom. The molecule has 0 aliphatic heterocycles. The fourth-order valence-electron chi connectivity index (χ4n) is 1.90. The molecule has 21 heavy (non-hydrogen) atoms. The van der Waals surface area contributed by atoms with Crippen LogP contribution < -0.4 is 0 Å². The molecule has 5 heteroatoms. The Kier molecular flexibility index (Phi) is 4.85. The summed E-state index contributed by atoms with van der Waals surface area (Å²) in [4.78, 5) is 26.3. The molecule has 0 aliphatic rings. The number of rotatable bonds is 3. The van der Waals surface area contributed by atoms with Gasteiger partial charge in [-0.05, 0) is 35.5 Å². The quantitative estimate of drug-likeness (QED) is 0.639. The molecule has 0 N–H and O–H groups in total. The molecule has 110 valence electrons. The van der Waals surface area contributed by atoms with E-state index in [0.29, 0.717) is 17.1 Å². The average molecular weight is 303 g/mol. The molecule has 2 rings (SSSR count). The summed E-state index contributed by atoms with van der Waals surface area (Å²) in [7, 11) is 3.37. The Morgan fingerprint density at radius 2 is 1.86 bits per heavy atom. The van der Waals surface area contributed by atoms with Crippen molar-refractivity contribution < 1.29 is 14.3 Å². The van der Waals surface area contributed by atoms with Crippen LogP contribution in [-0.2, 0) is 4.74 Å². The van der Waals surface area contributed by atoms with E-state index in [1.165, 1.54) is 4.90 Å². The fraction of sp³-hybridized carbons (Fsp3) is 0.250. The monoisotopic (exact) mass is 303 g/mol. The van der Waals surface area contributed by atoms with Crippen LogP contribution in [0.1, 0.15) is 17.3 Å². The lowest BCUT2D eigenvalue weighted by Gasteiger charge is -2.14. The normalized spacial score (nSPS) is 10.4. The number of ether oxygens (including phenoxy) is 1. The van der Waals surface area contributed by atoms with Gasteiger partial charge in [0.1, 0.15) is 0 Å². The van der Waals surface area contributed by atoms with Crippen LogP contribution in [0.4, 0.5) is 4.79 Å². The first-order valence-corrected chi connectivity index (χ1v) is 7.44. The van der Waals surface area contributed by atoms with Gasteiger partial charge in [-0.25, -0.2) is 4.79 Å². The highest BCUT2D eigenvalue weighted by molar-refractivity contribution is 8.13. The molecule has 0 heterocycles. The first-order valence-electron chi connectivity index (χ1n) is 6.62. The summed E-state index contributed by atoms with van der Waals surface area (Å²) >= 11 is 1.05. The van der Waals surface area contributed by atoms with Crippen LogP contribution in [0, 0.1) is 0 Å². The summed E-state index contributed by atoms with van der Waals surface area (Å²) in [6, 6.07) is 11.3. The zero-order valence-electron chi connectivity index (χ0n) is 12.3. The molecular formula is C16H17NO3S. The molecule has 0 aromatic heterocycles. The number of carbonyl (C=O) groups is 2. The van der Waals surface area contributed by atoms with Gasteiger partial charge in [-0.15, -0.1) is 0 Å². The lowest BCUT2D eigenvalue weighted by molar-refractivity contribution is 0.0522. The maximum Gasteiger partial charge on any atom is 0.339 e. The van der Waals surface area contributed by atoms with Gasteiger partial charge in [0.15, 0.2) is 0 Å². The van der Waals surface area contributed by atoms with Crippen molar-refractivity contribution in [2.24, 2.45) is 0 Å². The largest absolute Gasteiger partial charge is 0.462 e. The summed E-state index contributed by atoms with van der Waals surface area (Å²) in [5.41, 5.74) is 0.427. The van der Waals surface area contributed by atoms with Gasteiger partial charge in [0.05, 0.1) is 12.2 Å². The Hall–Kier alpha value is -2.01. The van der Waals surface area contributed by atoms with Gasteiger partial charge in [-0.3, -0.25) is 4.79 Å². The number of hydrogen-bond donors (Lipinski definition) is 0. The highest BCUT2D eigenvalue weighted by atomic mass is 32.2. The standard InChI is InChI=1S/C16H17NO3S/c1-4-20-15(18)13-10-9-11-7-5-6-8-12(11)14(13)21-16(19)17(2)3/h5-10H,4H2,1-3H3. The van der Waals surface area contributed by atoms with E-state index in [-0.39, 0.29) is 5.24 Å². The molecule has 2 aromatic carbocycles. The van der Waals surface area contributed by atoms with Crippen LogP contribution >= 0.6 is 11.8 Å². The molecule has 0 radical (unpaired) electrons. The predicted octanol–water partition coefficient (Wildman–Crippen LogP) is 3.79. The van der Waals surface area contributed by atoms with Gasteiger partial charge in [0.2, 0.25) is 0 Å². The minimum absolute atomic E-state index is 0.128. The highest BCUT2D eigenvalue weighted by Crippen LogP contribution is 2.33. The van der Waals surface area contributed by atoms with Crippen LogP contribution in [0.25, 0.3) is 10.8 Å². The predicted molar refractivity (Wildman–Crippen MR) is 84.8 cm³/mol. The molecular weight excluding hydrogens is 286 g/mol. The number of fused-ring (bicyclic) bond motifs is 1. The van der Waals surface area contributed by atoms with Crippen molar-refractivity contribution in [3.05, 3.63) is 42.0 Å². The van der Waals surface area contributed by atoms with Gasteiger partial charge in [-0.2, -0.15) is 0 Å². The maximum absolute atomic E-state index is 12.1. The van der Waals surface area contributed by atoms with Crippen molar-refractivity contribution >= 4 is 33.7 Å². The number of benzene rings is 2. The summed E-state index contributed by atoms with van der Waals surface area (Å²) in [6.07, 6.45) is 0. The molecule has 2 aromatic rings. The summed E-state index contributed by atoms with van der Waals surface area (Å²) in [5.74, 6) is -0.405. The van der Waals surface area contributed by atoms with E-state index in [9.17, 15) is 9.59 Å². The second-order valence-corrected chi connectivity index (χ2v) is 5.61. The lowest BCUT2D eigenvalue weighted by Crippen LogP contribution is -2.17. The summed E-state index contributed by atoms with van der Waals surface area (Å²) in [6.45, 7) is 2.06. The average Bonchev–Trinajstić information content (AvgIpc) is 2.47. The van der Waals surface area contributed by atoms with Gasteiger partial charge >= 0.3 is 5.97 Å². The Morgan fingerprint density at radius 1 is 1.14 bits per heavy atom. The van der Waals surface area contributed by atoms with E-state index in [0.717, 1.165) is 22.5 Å². The van der Waals surface area contributed by atoms with E-state index in [1.54, 1.807) is 27.1 Å². The third-order valence-electron chi connectivity index (χ3n) is 2.93. The van der Waals surface area contributed by atoms with E-state index < -0.39 is 5.97 Å². The molecule has 4 nitrogen and oxygen atoms in total. The summed E-state index contributed by atoms with van der Waals surface area (Å²) in [5, 5.41) is 1.74. The second-order valence-electron chi connectivity index (χ2n) is 4.65. The Balaban J connectivity index is 2.57. The topological polar surface area (TPSA) is 46.6 Å². The van der Waals surface area contributed by atoms with Crippen molar-refractivity contribution in [2.45, 2.75) is 11.8 Å². The molecule has 0 unspecified atom stereocenters. The van der Waals surface area contributed by atoms with Crippen LogP contribution in [0.3, 0.4) is 0 Å². The molecule has 0 aliphatic carbocycles. The Labute approximate surface area is 128 Å². The number of hydrogen-bond acceptors (Lipinski definition) is 4. The molecule has 0 spiro atoms. The maximum atomic E-state index is 12.1. The van der Waals surface area contributed by atoms with Crippen LogP contribution in [0.2, 0.25) is 0 Å².